The van der Waals surface area contributed by atoms with E-state index < -0.39 is 23.7 Å². The molecule has 0 saturated carbocycles. The lowest BCUT2D eigenvalue weighted by Gasteiger charge is -2.31. The van der Waals surface area contributed by atoms with Crippen LogP contribution >= 0.6 is 23.2 Å². The molecule has 0 heterocycles. The number of nitrogens with one attached hydrogen (secondary N) is 2. The van der Waals surface area contributed by atoms with E-state index in [1.54, 1.807) is 24.3 Å². The molecule has 0 aromatic heterocycles. The molecule has 5 atom stereocenters. The molecule has 2 aromatic rings. The normalized spacial score (nSPS) is 22.2. The minimum Gasteiger partial charge on any atom is -0.508 e. The molecule has 2 aliphatic carbocycles. The predicted octanol–water partition coefficient (Wildman–Crippen LogP) is 3.69. The van der Waals surface area contributed by atoms with Crippen LogP contribution in [0.4, 0.5) is 0 Å². The Morgan fingerprint density at radius 1 is 1.16 bits per heavy atom. The van der Waals surface area contributed by atoms with Crippen molar-refractivity contribution in [3.05, 3.63) is 87.7 Å². The van der Waals surface area contributed by atoms with Crippen molar-refractivity contribution in [3.63, 3.8) is 0 Å². The lowest BCUT2D eigenvalue weighted by Crippen LogP contribution is -2.53. The molecule has 37 heavy (non-hydrogen) atoms. The van der Waals surface area contributed by atoms with Gasteiger partial charge in [0, 0.05) is 28.6 Å². The van der Waals surface area contributed by atoms with Crippen molar-refractivity contribution >= 4 is 29.1 Å². The molecule has 6 N–H and O–H groups in total. The van der Waals surface area contributed by atoms with Gasteiger partial charge in [-0.15, -0.1) is 11.6 Å². The van der Waals surface area contributed by atoms with Crippen LogP contribution in [0.15, 0.2) is 71.0 Å². The number of rotatable bonds is 9. The number of amides is 1. The van der Waals surface area contributed by atoms with Crippen molar-refractivity contribution in [2.75, 3.05) is 13.7 Å². The summed E-state index contributed by atoms with van der Waals surface area (Å²) in [4.78, 5) is 13.8. The summed E-state index contributed by atoms with van der Waals surface area (Å²) in [6.45, 7) is 2.08. The summed E-state index contributed by atoms with van der Waals surface area (Å²) in [7, 11) is 1.52. The van der Waals surface area contributed by atoms with E-state index in [-0.39, 0.29) is 30.0 Å². The summed E-state index contributed by atoms with van der Waals surface area (Å²) in [5.41, 5.74) is 9.45. The lowest BCUT2D eigenvalue weighted by molar-refractivity contribution is -0.126. The number of allylic oxidation sites excluding steroid dienone is 2. The fraction of sp³-hybridized carbons (Fsp3) is 0.393. The van der Waals surface area contributed by atoms with Gasteiger partial charge in [-0.1, -0.05) is 61.0 Å². The average molecular weight is 546 g/mol. The Balaban J connectivity index is 1.60. The molecule has 0 bridgehead atoms. The molecule has 2 aromatic carbocycles. The monoisotopic (exact) mass is 545 g/mol. The van der Waals surface area contributed by atoms with Crippen LogP contribution in [0.1, 0.15) is 29.7 Å². The molecular weight excluding hydrogens is 513 g/mol. The summed E-state index contributed by atoms with van der Waals surface area (Å²) in [5.74, 6) is -0.0192. The predicted molar refractivity (Wildman–Crippen MR) is 146 cm³/mol. The van der Waals surface area contributed by atoms with E-state index in [4.69, 9.17) is 33.7 Å². The maximum Gasteiger partial charge on any atom is 0.238 e. The molecule has 7 nitrogen and oxygen atoms in total. The van der Waals surface area contributed by atoms with Gasteiger partial charge in [-0.05, 0) is 42.0 Å². The summed E-state index contributed by atoms with van der Waals surface area (Å²) in [5, 5.41) is 27.2. The third kappa shape index (κ3) is 5.97. The van der Waals surface area contributed by atoms with Crippen molar-refractivity contribution in [2.24, 2.45) is 17.6 Å². The molecule has 4 rings (SSSR count). The first-order chi connectivity index (χ1) is 17.7. The molecule has 2 aliphatic rings. The maximum atomic E-state index is 13.8. The Morgan fingerprint density at radius 2 is 1.78 bits per heavy atom. The first-order valence-electron chi connectivity index (χ1n) is 12.3. The number of halogens is 2. The number of hydrogen-bond acceptors (Lipinski definition) is 6. The zero-order valence-corrected chi connectivity index (χ0v) is 22.3. The van der Waals surface area contributed by atoms with Gasteiger partial charge in [0.05, 0.1) is 24.6 Å². The molecule has 0 spiro atoms. The van der Waals surface area contributed by atoms with Crippen LogP contribution in [0.5, 0.6) is 5.75 Å². The number of para-hydroxylation sites is 1. The maximum absolute atomic E-state index is 13.8. The minimum absolute atomic E-state index is 0.00810. The highest BCUT2D eigenvalue weighted by molar-refractivity contribution is 6.32. The van der Waals surface area contributed by atoms with Crippen molar-refractivity contribution in [3.8, 4) is 5.75 Å². The van der Waals surface area contributed by atoms with Gasteiger partial charge in [0.25, 0.3) is 0 Å². The van der Waals surface area contributed by atoms with E-state index in [2.05, 4.69) is 22.8 Å². The molecule has 1 amide bonds. The Morgan fingerprint density at radius 3 is 2.41 bits per heavy atom. The lowest BCUT2D eigenvalue weighted by atomic mass is 9.91. The zero-order valence-electron chi connectivity index (χ0n) is 20.8. The number of aliphatic hydroxyl groups is 2. The first kappa shape index (κ1) is 27.5. The van der Waals surface area contributed by atoms with Crippen molar-refractivity contribution in [1.29, 1.82) is 0 Å². The van der Waals surface area contributed by atoms with E-state index in [9.17, 15) is 15.0 Å². The first-order valence-corrected chi connectivity index (χ1v) is 13.1. The van der Waals surface area contributed by atoms with Gasteiger partial charge in [-0.25, -0.2) is 0 Å². The quantitative estimate of drug-likeness (QED) is 0.242. The summed E-state index contributed by atoms with van der Waals surface area (Å²) in [6, 6.07) is 13.7. The molecule has 0 radical (unpaired) electrons. The van der Waals surface area contributed by atoms with Gasteiger partial charge >= 0.3 is 0 Å². The second-order valence-corrected chi connectivity index (χ2v) is 10.6. The number of aliphatic hydroxyl groups excluding tert-OH is 2. The zero-order chi connectivity index (χ0) is 26.7. The number of hydrogen-bond donors (Lipinski definition) is 5. The Kier molecular flexibility index (Phi) is 8.82. The van der Waals surface area contributed by atoms with Crippen LogP contribution in [-0.4, -0.2) is 47.4 Å². The molecule has 0 fully saturated rings. The number of fused-ring (bicyclic) bond motifs is 1. The van der Waals surface area contributed by atoms with Gasteiger partial charge in [-0.2, -0.15) is 0 Å². The molecule has 0 aliphatic heterocycles. The third-order valence-corrected chi connectivity index (χ3v) is 8.37. The van der Waals surface area contributed by atoms with Gasteiger partial charge < -0.3 is 31.3 Å². The van der Waals surface area contributed by atoms with Gasteiger partial charge in [0.1, 0.15) is 17.7 Å². The molecule has 9 heteroatoms. The number of ether oxygens (including phenoxy) is 1. The highest BCUT2D eigenvalue weighted by atomic mass is 35.5. The molecular formula is C28H33Cl2N3O4. The number of nitrogens with two attached hydrogens (primary N) is 1. The largest absolute Gasteiger partial charge is 0.508 e. The third-order valence-electron chi connectivity index (χ3n) is 7.27. The molecule has 198 valence electrons. The second kappa shape index (κ2) is 11.9. The van der Waals surface area contributed by atoms with Gasteiger partial charge in [0.15, 0.2) is 0 Å². The highest BCUT2D eigenvalue weighted by Crippen LogP contribution is 2.35. The Hall–Kier alpha value is -2.55. The van der Waals surface area contributed by atoms with Crippen LogP contribution in [0.3, 0.4) is 0 Å². The standard InChI is InChI=1S/C28H33Cl2N3O4/c1-15-21(29)13-22(34)20(24(15)30)14-32-25(18-11-16-7-3-4-8-17(16)12-18)28(36)33-26(27(31)35)19-9-5-6-10-23(19)37-2/h3-10,13,15,18,24-27,32,34-35H,11-12,14,31H2,1-2H3,(H,33,36)/t15?,24?,25-,26-,27?/m1/s1. The SMILES string of the molecule is COc1ccccc1[C@@H](NC(=O)[C@H](NCC1=C(O)C=C(Cl)C(C)C1Cl)C1Cc2ccccc2C1)C(N)O. The van der Waals surface area contributed by atoms with E-state index >= 15 is 0 Å². The van der Waals surface area contributed by atoms with E-state index in [0.717, 1.165) is 0 Å². The van der Waals surface area contributed by atoms with Crippen LogP contribution in [0, 0.1) is 11.8 Å². The number of benzene rings is 2. The van der Waals surface area contributed by atoms with Crippen LogP contribution < -0.4 is 21.1 Å². The highest BCUT2D eigenvalue weighted by Gasteiger charge is 2.36. The van der Waals surface area contributed by atoms with E-state index in [1.165, 1.54) is 24.3 Å². The van der Waals surface area contributed by atoms with Crippen molar-refractivity contribution in [2.45, 2.75) is 43.5 Å². The Labute approximate surface area is 227 Å². The average Bonchev–Trinajstić information content (AvgIpc) is 3.31. The molecule has 0 saturated heterocycles. The summed E-state index contributed by atoms with van der Waals surface area (Å²) < 4.78 is 5.43. The van der Waals surface area contributed by atoms with Gasteiger partial charge in [-0.3, -0.25) is 4.79 Å². The van der Waals surface area contributed by atoms with Crippen LogP contribution in [0.2, 0.25) is 0 Å². The van der Waals surface area contributed by atoms with Gasteiger partial charge in [0.2, 0.25) is 5.91 Å². The fourth-order valence-corrected chi connectivity index (χ4v) is 5.78. The van der Waals surface area contributed by atoms with E-state index in [0.29, 0.717) is 34.8 Å². The fourth-order valence-electron chi connectivity index (χ4n) is 5.16. The molecule has 3 unspecified atom stereocenters. The number of methoxy groups -OCH3 is 1. The Bertz CT molecular complexity index is 1170. The van der Waals surface area contributed by atoms with Crippen molar-refractivity contribution < 1.29 is 19.7 Å². The number of carbonyl (C=O) groups is 1. The summed E-state index contributed by atoms with van der Waals surface area (Å²) in [6.07, 6.45) is 1.57. The number of alkyl halides is 1. The number of carbonyl (C=O) groups excluding carboxylic acids is 1. The second-order valence-electron chi connectivity index (χ2n) is 9.64. The van der Waals surface area contributed by atoms with Crippen molar-refractivity contribution in [1.82, 2.24) is 10.6 Å². The van der Waals surface area contributed by atoms with Crippen LogP contribution in [0.25, 0.3) is 0 Å². The van der Waals surface area contributed by atoms with Crippen LogP contribution in [-0.2, 0) is 17.6 Å². The smallest absolute Gasteiger partial charge is 0.238 e. The minimum atomic E-state index is -1.35. The van der Waals surface area contributed by atoms with E-state index in [1.807, 2.05) is 19.1 Å². The summed E-state index contributed by atoms with van der Waals surface area (Å²) >= 11 is 12.8. The topological polar surface area (TPSA) is 117 Å².